The van der Waals surface area contributed by atoms with Crippen LogP contribution < -0.4 is 5.32 Å². The molecule has 1 amide bonds. The molecule has 0 unspecified atom stereocenters. The SMILES string of the molecule is Cc1cccc(C)c1NC(=O)CSc1ncnc2sc3c(c12)CC[C@H](C)C3. The van der Waals surface area contributed by atoms with Crippen LogP contribution in [0.1, 0.15) is 34.9 Å². The molecule has 6 heteroatoms. The molecular weight excluding hydrogens is 374 g/mol. The standard InChI is InChI=1S/C21H23N3OS2/c1-12-7-8-15-16(9-12)27-21-18(15)20(22-11-23-21)26-10-17(25)24-19-13(2)5-4-6-14(19)3/h4-6,11-12H,7-10H2,1-3H3,(H,24,25)/t12-/m0/s1. The fourth-order valence-electron chi connectivity index (χ4n) is 3.68. The van der Waals surface area contributed by atoms with Crippen molar-refractivity contribution >= 4 is 44.9 Å². The number of aromatic nitrogens is 2. The topological polar surface area (TPSA) is 54.9 Å². The van der Waals surface area contributed by atoms with E-state index in [9.17, 15) is 4.79 Å². The van der Waals surface area contributed by atoms with Crippen LogP contribution in [0, 0.1) is 19.8 Å². The number of hydrogen-bond acceptors (Lipinski definition) is 5. The molecule has 0 saturated carbocycles. The molecule has 3 aromatic rings. The van der Waals surface area contributed by atoms with Gasteiger partial charge in [-0.2, -0.15) is 0 Å². The van der Waals surface area contributed by atoms with E-state index in [-0.39, 0.29) is 5.91 Å². The second-order valence-corrected chi connectivity index (χ2v) is 9.36. The van der Waals surface area contributed by atoms with Gasteiger partial charge in [0, 0.05) is 16.0 Å². The number of anilines is 1. The molecule has 0 bridgehead atoms. The number of rotatable bonds is 4. The summed E-state index contributed by atoms with van der Waals surface area (Å²) < 4.78 is 0. The Hall–Kier alpha value is -1.92. The molecule has 2 aromatic heterocycles. The largest absolute Gasteiger partial charge is 0.325 e. The highest BCUT2D eigenvalue weighted by Gasteiger charge is 2.23. The molecule has 0 saturated heterocycles. The van der Waals surface area contributed by atoms with Crippen molar-refractivity contribution in [1.29, 1.82) is 0 Å². The minimum Gasteiger partial charge on any atom is -0.325 e. The first-order valence-corrected chi connectivity index (χ1v) is 11.1. The average Bonchev–Trinajstić information content (AvgIpc) is 3.01. The summed E-state index contributed by atoms with van der Waals surface area (Å²) in [6.45, 7) is 6.34. The van der Waals surface area contributed by atoms with Crippen molar-refractivity contribution in [3.8, 4) is 0 Å². The first kappa shape index (κ1) is 18.4. The summed E-state index contributed by atoms with van der Waals surface area (Å²) in [5, 5.41) is 5.17. The van der Waals surface area contributed by atoms with Crippen LogP contribution in [0.25, 0.3) is 10.2 Å². The maximum Gasteiger partial charge on any atom is 0.234 e. The van der Waals surface area contributed by atoms with Gasteiger partial charge >= 0.3 is 0 Å². The molecule has 0 spiro atoms. The van der Waals surface area contributed by atoms with E-state index in [1.807, 2.05) is 32.0 Å². The molecule has 0 fully saturated rings. The molecule has 1 aliphatic carbocycles. The first-order valence-electron chi connectivity index (χ1n) is 9.27. The number of carbonyl (C=O) groups excluding carboxylic acids is 1. The van der Waals surface area contributed by atoms with Gasteiger partial charge in [0.05, 0.1) is 5.75 Å². The van der Waals surface area contributed by atoms with E-state index < -0.39 is 0 Å². The van der Waals surface area contributed by atoms with Gasteiger partial charge in [-0.15, -0.1) is 11.3 Å². The van der Waals surface area contributed by atoms with Gasteiger partial charge in [0.25, 0.3) is 0 Å². The Morgan fingerprint density at radius 3 is 2.85 bits per heavy atom. The fourth-order valence-corrected chi connectivity index (χ4v) is 5.92. The maximum atomic E-state index is 12.5. The van der Waals surface area contributed by atoms with E-state index in [4.69, 9.17) is 0 Å². The molecule has 1 aliphatic rings. The van der Waals surface area contributed by atoms with Crippen LogP contribution in [-0.4, -0.2) is 21.6 Å². The number of benzene rings is 1. The van der Waals surface area contributed by atoms with Gasteiger partial charge in [0.1, 0.15) is 16.2 Å². The minimum absolute atomic E-state index is 0.00174. The minimum atomic E-state index is 0.00174. The predicted octanol–water partition coefficient (Wildman–Crippen LogP) is 5.16. The normalized spacial score (nSPS) is 16.3. The van der Waals surface area contributed by atoms with Crippen LogP contribution in [0.4, 0.5) is 5.69 Å². The van der Waals surface area contributed by atoms with Crippen LogP contribution >= 0.6 is 23.1 Å². The second-order valence-electron chi connectivity index (χ2n) is 7.31. The van der Waals surface area contributed by atoms with Gasteiger partial charge in [-0.3, -0.25) is 4.79 Å². The van der Waals surface area contributed by atoms with Crippen molar-refractivity contribution in [1.82, 2.24) is 9.97 Å². The highest BCUT2D eigenvalue weighted by atomic mass is 32.2. The predicted molar refractivity (Wildman–Crippen MR) is 114 cm³/mol. The number of nitrogens with zero attached hydrogens (tertiary/aromatic N) is 2. The summed E-state index contributed by atoms with van der Waals surface area (Å²) in [6, 6.07) is 6.04. The van der Waals surface area contributed by atoms with Gasteiger partial charge in [0.2, 0.25) is 5.91 Å². The summed E-state index contributed by atoms with van der Waals surface area (Å²) in [4.78, 5) is 24.0. The Morgan fingerprint density at radius 1 is 1.30 bits per heavy atom. The third-order valence-corrected chi connectivity index (χ3v) is 7.29. The lowest BCUT2D eigenvalue weighted by Crippen LogP contribution is -2.16. The van der Waals surface area contributed by atoms with E-state index in [2.05, 4.69) is 22.2 Å². The third-order valence-electron chi connectivity index (χ3n) is 5.14. The Labute approximate surface area is 167 Å². The zero-order valence-electron chi connectivity index (χ0n) is 15.8. The van der Waals surface area contributed by atoms with Crippen molar-refractivity contribution in [3.05, 3.63) is 46.1 Å². The number of amides is 1. The maximum absolute atomic E-state index is 12.5. The van der Waals surface area contributed by atoms with Crippen molar-refractivity contribution in [2.45, 2.75) is 45.1 Å². The fraction of sp³-hybridized carbons (Fsp3) is 0.381. The molecule has 0 aliphatic heterocycles. The zero-order chi connectivity index (χ0) is 19.0. The van der Waals surface area contributed by atoms with Crippen LogP contribution in [0.15, 0.2) is 29.6 Å². The van der Waals surface area contributed by atoms with Gasteiger partial charge in [-0.05, 0) is 55.7 Å². The molecule has 1 atom stereocenters. The number of thiophene rings is 1. The van der Waals surface area contributed by atoms with E-state index in [0.717, 1.165) is 45.4 Å². The molecule has 4 nitrogen and oxygen atoms in total. The van der Waals surface area contributed by atoms with Gasteiger partial charge in [-0.1, -0.05) is 36.9 Å². The van der Waals surface area contributed by atoms with Crippen molar-refractivity contribution in [2.75, 3.05) is 11.1 Å². The molecule has 140 valence electrons. The smallest absolute Gasteiger partial charge is 0.234 e. The molecule has 27 heavy (non-hydrogen) atoms. The van der Waals surface area contributed by atoms with E-state index in [0.29, 0.717) is 5.75 Å². The van der Waals surface area contributed by atoms with Crippen molar-refractivity contribution in [3.63, 3.8) is 0 Å². The highest BCUT2D eigenvalue weighted by Crippen LogP contribution is 2.40. The van der Waals surface area contributed by atoms with Crippen LogP contribution in [0.3, 0.4) is 0 Å². The molecule has 4 rings (SSSR count). The van der Waals surface area contributed by atoms with Gasteiger partial charge in [-0.25, -0.2) is 9.97 Å². The Kier molecular flexibility index (Phi) is 5.19. The summed E-state index contributed by atoms with van der Waals surface area (Å²) >= 11 is 3.30. The van der Waals surface area contributed by atoms with Crippen molar-refractivity contribution in [2.24, 2.45) is 5.92 Å². The lowest BCUT2D eigenvalue weighted by atomic mass is 9.89. The molecular formula is C21H23N3OS2. The number of fused-ring (bicyclic) bond motifs is 3. The van der Waals surface area contributed by atoms with E-state index in [1.54, 1.807) is 17.7 Å². The summed E-state index contributed by atoms with van der Waals surface area (Å²) in [6.07, 6.45) is 5.06. The third kappa shape index (κ3) is 3.73. The Bertz CT molecular complexity index is 992. The number of para-hydroxylation sites is 1. The number of thioether (sulfide) groups is 1. The molecule has 1 aromatic carbocycles. The summed E-state index contributed by atoms with van der Waals surface area (Å²) in [5.74, 6) is 1.08. The lowest BCUT2D eigenvalue weighted by Gasteiger charge is -2.18. The molecule has 1 N–H and O–H groups in total. The van der Waals surface area contributed by atoms with Crippen molar-refractivity contribution < 1.29 is 4.79 Å². The highest BCUT2D eigenvalue weighted by molar-refractivity contribution is 8.00. The average molecular weight is 398 g/mol. The second kappa shape index (κ2) is 7.60. The quantitative estimate of drug-likeness (QED) is 0.488. The number of nitrogens with one attached hydrogen (secondary N) is 1. The summed E-state index contributed by atoms with van der Waals surface area (Å²) in [5.41, 5.74) is 4.49. The van der Waals surface area contributed by atoms with E-state index in [1.165, 1.54) is 34.0 Å². The number of hydrogen-bond donors (Lipinski definition) is 1. The van der Waals surface area contributed by atoms with Gasteiger partial charge < -0.3 is 5.32 Å². The van der Waals surface area contributed by atoms with Crippen LogP contribution in [-0.2, 0) is 17.6 Å². The lowest BCUT2D eigenvalue weighted by molar-refractivity contribution is -0.113. The Balaban J connectivity index is 1.53. The van der Waals surface area contributed by atoms with E-state index >= 15 is 0 Å². The van der Waals surface area contributed by atoms with Gasteiger partial charge in [0.15, 0.2) is 0 Å². The van der Waals surface area contributed by atoms with Crippen LogP contribution in [0.2, 0.25) is 0 Å². The monoisotopic (exact) mass is 397 g/mol. The number of carbonyl (C=O) groups is 1. The number of aryl methyl sites for hydroxylation is 3. The van der Waals surface area contributed by atoms with Crippen LogP contribution in [0.5, 0.6) is 0 Å². The zero-order valence-corrected chi connectivity index (χ0v) is 17.5. The first-order chi connectivity index (χ1) is 13.0. The molecule has 0 radical (unpaired) electrons. The summed E-state index contributed by atoms with van der Waals surface area (Å²) in [7, 11) is 0. The Morgan fingerprint density at radius 2 is 2.07 bits per heavy atom. The molecule has 2 heterocycles.